The van der Waals surface area contributed by atoms with Crippen LogP contribution in [0.1, 0.15) is 31.5 Å². The predicted octanol–water partition coefficient (Wildman–Crippen LogP) is 3.78. The fourth-order valence-electron chi connectivity index (χ4n) is 2.19. The molecule has 1 aromatic heterocycles. The number of carboxylic acid groups (broad SMARTS) is 1. The van der Waals surface area contributed by atoms with Gasteiger partial charge in [0, 0.05) is 17.6 Å². The zero-order valence-corrected chi connectivity index (χ0v) is 14.5. The zero-order valence-electron chi connectivity index (χ0n) is 13.7. The van der Waals surface area contributed by atoms with Gasteiger partial charge in [-0.1, -0.05) is 38.0 Å². The lowest BCUT2D eigenvalue weighted by atomic mass is 9.99. The maximum atomic E-state index is 11.3. The molecule has 1 aromatic carbocycles. The van der Waals surface area contributed by atoms with Crippen LogP contribution in [0.25, 0.3) is 0 Å². The number of carbonyl (C=O) groups is 1. The minimum Gasteiger partial charge on any atom is -0.480 e. The van der Waals surface area contributed by atoms with Crippen LogP contribution in [-0.2, 0) is 11.3 Å². The number of thiazole rings is 1. The van der Waals surface area contributed by atoms with Crippen molar-refractivity contribution >= 4 is 28.1 Å². The third kappa shape index (κ3) is 5.04. The Morgan fingerprint density at radius 1 is 1.35 bits per heavy atom. The van der Waals surface area contributed by atoms with Crippen LogP contribution in [0.4, 0.5) is 10.8 Å². The summed E-state index contributed by atoms with van der Waals surface area (Å²) in [6.45, 7) is 6.44. The van der Waals surface area contributed by atoms with Crippen molar-refractivity contribution in [2.75, 3.05) is 5.32 Å². The number of aromatic nitrogens is 1. The van der Waals surface area contributed by atoms with E-state index in [1.54, 1.807) is 0 Å². The fraction of sp³-hybridized carbons (Fsp3) is 0.412. The zero-order chi connectivity index (χ0) is 16.8. The van der Waals surface area contributed by atoms with Gasteiger partial charge in [0.15, 0.2) is 5.13 Å². The predicted molar refractivity (Wildman–Crippen MR) is 94.3 cm³/mol. The van der Waals surface area contributed by atoms with Gasteiger partial charge in [-0.15, -0.1) is 11.3 Å². The number of nitrogens with one attached hydrogen (secondary N) is 2. The highest BCUT2D eigenvalue weighted by Crippen LogP contribution is 2.21. The normalized spacial score (nSPS) is 13.5. The molecule has 2 rings (SSSR count). The molecular formula is C17H23N3O2S. The van der Waals surface area contributed by atoms with E-state index in [1.807, 2.05) is 50.4 Å². The van der Waals surface area contributed by atoms with E-state index in [0.717, 1.165) is 22.9 Å². The summed E-state index contributed by atoms with van der Waals surface area (Å²) >= 11 is 1.51. The number of aryl methyl sites for hydroxylation is 1. The van der Waals surface area contributed by atoms with E-state index >= 15 is 0 Å². The van der Waals surface area contributed by atoms with Gasteiger partial charge in [0.2, 0.25) is 0 Å². The van der Waals surface area contributed by atoms with E-state index in [9.17, 15) is 9.90 Å². The van der Waals surface area contributed by atoms with Crippen molar-refractivity contribution in [3.05, 3.63) is 40.9 Å². The summed E-state index contributed by atoms with van der Waals surface area (Å²) in [6, 6.07) is 7.57. The Balaban J connectivity index is 1.94. The molecule has 0 amide bonds. The summed E-state index contributed by atoms with van der Waals surface area (Å²) < 4.78 is 0. The van der Waals surface area contributed by atoms with Gasteiger partial charge in [0.1, 0.15) is 6.04 Å². The smallest absolute Gasteiger partial charge is 0.320 e. The molecule has 0 radical (unpaired) electrons. The maximum absolute atomic E-state index is 11.3. The molecule has 1 heterocycles. The average Bonchev–Trinajstić information content (AvgIpc) is 2.96. The third-order valence-corrected chi connectivity index (χ3v) is 4.64. The summed E-state index contributed by atoms with van der Waals surface area (Å²) in [5.74, 6) is -0.733. The largest absolute Gasteiger partial charge is 0.480 e. The number of benzene rings is 1. The van der Waals surface area contributed by atoms with Crippen LogP contribution in [0.5, 0.6) is 0 Å². The van der Waals surface area contributed by atoms with Crippen LogP contribution in [0, 0.1) is 12.8 Å². The first-order valence-electron chi connectivity index (χ1n) is 7.74. The number of rotatable bonds is 8. The second-order valence-electron chi connectivity index (χ2n) is 5.72. The highest BCUT2D eigenvalue weighted by Gasteiger charge is 2.22. The number of aliphatic carboxylic acids is 1. The molecule has 0 saturated carbocycles. The molecule has 3 N–H and O–H groups in total. The standard InChI is InChI=1S/C17H23N3O2S/c1-4-12(3)15(16(21)22)18-9-14-10-23-17(20-14)19-13-7-5-11(2)6-8-13/h5-8,10,12,15,18H,4,9H2,1-3H3,(H,19,20)(H,21,22)/t12-,15-/m0/s1. The number of anilines is 2. The number of hydrogen-bond acceptors (Lipinski definition) is 5. The molecule has 0 fully saturated rings. The molecule has 0 bridgehead atoms. The lowest BCUT2D eigenvalue weighted by molar-refractivity contribution is -0.140. The van der Waals surface area contributed by atoms with Crippen molar-refractivity contribution < 1.29 is 9.90 Å². The first-order chi connectivity index (χ1) is 11.0. The van der Waals surface area contributed by atoms with E-state index in [2.05, 4.69) is 15.6 Å². The summed E-state index contributed by atoms with van der Waals surface area (Å²) in [5, 5.41) is 18.4. The molecule has 5 nitrogen and oxygen atoms in total. The van der Waals surface area contributed by atoms with Gasteiger partial charge in [0.05, 0.1) is 5.69 Å². The number of hydrogen-bond donors (Lipinski definition) is 3. The quantitative estimate of drug-likeness (QED) is 0.685. The first-order valence-corrected chi connectivity index (χ1v) is 8.61. The van der Waals surface area contributed by atoms with Gasteiger partial charge in [0.25, 0.3) is 0 Å². The van der Waals surface area contributed by atoms with Crippen LogP contribution in [0.2, 0.25) is 0 Å². The monoisotopic (exact) mass is 333 g/mol. The molecule has 124 valence electrons. The van der Waals surface area contributed by atoms with Gasteiger partial charge in [-0.05, 0) is 25.0 Å². The number of carboxylic acids is 1. The molecule has 0 unspecified atom stereocenters. The third-order valence-electron chi connectivity index (χ3n) is 3.84. The minimum atomic E-state index is -0.812. The maximum Gasteiger partial charge on any atom is 0.320 e. The highest BCUT2D eigenvalue weighted by atomic mass is 32.1. The van der Waals surface area contributed by atoms with E-state index in [-0.39, 0.29) is 5.92 Å². The van der Waals surface area contributed by atoms with Crippen molar-refractivity contribution in [1.82, 2.24) is 10.3 Å². The average molecular weight is 333 g/mol. The van der Waals surface area contributed by atoms with Crippen LogP contribution in [0.15, 0.2) is 29.6 Å². The van der Waals surface area contributed by atoms with Crippen molar-refractivity contribution in [2.45, 2.75) is 39.8 Å². The summed E-state index contributed by atoms with van der Waals surface area (Å²) in [5.41, 5.74) is 3.05. The molecule has 0 spiro atoms. The van der Waals surface area contributed by atoms with Crippen molar-refractivity contribution in [1.29, 1.82) is 0 Å². The van der Waals surface area contributed by atoms with Crippen LogP contribution in [0.3, 0.4) is 0 Å². The van der Waals surface area contributed by atoms with Crippen LogP contribution in [-0.4, -0.2) is 22.1 Å². The Bertz CT molecular complexity index is 640. The summed E-state index contributed by atoms with van der Waals surface area (Å²) in [6.07, 6.45) is 0.821. The van der Waals surface area contributed by atoms with Gasteiger partial charge in [-0.2, -0.15) is 0 Å². The lowest BCUT2D eigenvalue weighted by Gasteiger charge is -2.19. The molecule has 0 aliphatic rings. The van der Waals surface area contributed by atoms with E-state index in [0.29, 0.717) is 6.54 Å². The Labute approximate surface area is 140 Å². The molecular weight excluding hydrogens is 310 g/mol. The molecule has 2 atom stereocenters. The second kappa shape index (κ2) is 8.08. The second-order valence-corrected chi connectivity index (χ2v) is 6.58. The Morgan fingerprint density at radius 3 is 2.65 bits per heavy atom. The molecule has 0 saturated heterocycles. The van der Waals surface area contributed by atoms with Crippen molar-refractivity contribution in [2.24, 2.45) is 5.92 Å². The molecule has 0 aliphatic heterocycles. The Hall–Kier alpha value is -1.92. The molecule has 0 aliphatic carbocycles. The van der Waals surface area contributed by atoms with Crippen molar-refractivity contribution in [3.63, 3.8) is 0 Å². The SMILES string of the molecule is CC[C@H](C)[C@H](NCc1csc(Nc2ccc(C)cc2)n1)C(=O)O. The van der Waals surface area contributed by atoms with E-state index < -0.39 is 12.0 Å². The number of nitrogens with zero attached hydrogens (tertiary/aromatic N) is 1. The van der Waals surface area contributed by atoms with Crippen molar-refractivity contribution in [3.8, 4) is 0 Å². The Kier molecular flexibility index (Phi) is 6.12. The van der Waals surface area contributed by atoms with Gasteiger partial charge in [-0.25, -0.2) is 4.98 Å². The summed E-state index contributed by atoms with van der Waals surface area (Å²) in [4.78, 5) is 15.8. The van der Waals surface area contributed by atoms with Crippen LogP contribution < -0.4 is 10.6 Å². The Morgan fingerprint density at radius 2 is 2.04 bits per heavy atom. The van der Waals surface area contributed by atoms with Gasteiger partial charge in [-0.3, -0.25) is 10.1 Å². The van der Waals surface area contributed by atoms with E-state index in [4.69, 9.17) is 0 Å². The van der Waals surface area contributed by atoms with Gasteiger partial charge >= 0.3 is 5.97 Å². The minimum absolute atomic E-state index is 0.0799. The van der Waals surface area contributed by atoms with Gasteiger partial charge < -0.3 is 10.4 Å². The highest BCUT2D eigenvalue weighted by molar-refractivity contribution is 7.13. The van der Waals surface area contributed by atoms with Crippen LogP contribution >= 0.6 is 11.3 Å². The summed E-state index contributed by atoms with van der Waals surface area (Å²) in [7, 11) is 0. The van der Waals surface area contributed by atoms with E-state index in [1.165, 1.54) is 16.9 Å². The molecule has 2 aromatic rings. The fourth-order valence-corrected chi connectivity index (χ4v) is 2.92. The molecule has 23 heavy (non-hydrogen) atoms. The lowest BCUT2D eigenvalue weighted by Crippen LogP contribution is -2.41. The topological polar surface area (TPSA) is 74.2 Å². The first kappa shape index (κ1) is 17.4. The molecule has 6 heteroatoms.